The monoisotopic (exact) mass is 276 g/mol. The van der Waals surface area contributed by atoms with Gasteiger partial charge in [0.25, 0.3) is 0 Å². The molecule has 0 aromatic heterocycles. The van der Waals surface area contributed by atoms with E-state index in [-0.39, 0.29) is 5.84 Å². The van der Waals surface area contributed by atoms with Crippen molar-refractivity contribution in [1.29, 1.82) is 0 Å². The molecule has 20 heavy (non-hydrogen) atoms. The third-order valence-corrected chi connectivity index (χ3v) is 3.96. The van der Waals surface area contributed by atoms with Crippen LogP contribution in [0.4, 0.5) is 0 Å². The average molecular weight is 276 g/mol. The number of amidine groups is 1. The Hall–Kier alpha value is -1.59. The SMILES string of the molecule is CN1CCC(CNCc2ccc(C(N)=NO)cc2)CC1. The summed E-state index contributed by atoms with van der Waals surface area (Å²) in [5.41, 5.74) is 7.49. The maximum Gasteiger partial charge on any atom is 0.170 e. The van der Waals surface area contributed by atoms with Crippen molar-refractivity contribution in [2.24, 2.45) is 16.8 Å². The summed E-state index contributed by atoms with van der Waals surface area (Å²) >= 11 is 0. The number of likely N-dealkylation sites (tertiary alicyclic amines) is 1. The largest absolute Gasteiger partial charge is 0.409 e. The highest BCUT2D eigenvalue weighted by Gasteiger charge is 2.15. The number of hydrogen-bond acceptors (Lipinski definition) is 4. The zero-order valence-corrected chi connectivity index (χ0v) is 12.0. The van der Waals surface area contributed by atoms with E-state index >= 15 is 0 Å². The summed E-state index contributed by atoms with van der Waals surface area (Å²) in [5.74, 6) is 0.943. The van der Waals surface area contributed by atoms with Gasteiger partial charge in [0.15, 0.2) is 5.84 Å². The zero-order valence-electron chi connectivity index (χ0n) is 12.0. The third kappa shape index (κ3) is 4.21. The van der Waals surface area contributed by atoms with Crippen molar-refractivity contribution in [2.45, 2.75) is 19.4 Å². The molecule has 0 saturated carbocycles. The van der Waals surface area contributed by atoms with Crippen LogP contribution in [0.15, 0.2) is 29.4 Å². The lowest BCUT2D eigenvalue weighted by Crippen LogP contribution is -2.34. The quantitative estimate of drug-likeness (QED) is 0.327. The minimum absolute atomic E-state index is 0.149. The van der Waals surface area contributed by atoms with Crippen LogP contribution in [-0.4, -0.2) is 42.6 Å². The van der Waals surface area contributed by atoms with E-state index in [0.29, 0.717) is 0 Å². The molecule has 1 aromatic rings. The first-order valence-corrected chi connectivity index (χ1v) is 7.15. The van der Waals surface area contributed by atoms with E-state index in [9.17, 15) is 0 Å². The lowest BCUT2D eigenvalue weighted by Gasteiger charge is -2.29. The van der Waals surface area contributed by atoms with Gasteiger partial charge in [-0.05, 0) is 51.0 Å². The standard InChI is InChI=1S/C15H24N4O/c1-19-8-6-13(7-9-19)11-17-10-12-2-4-14(5-3-12)15(16)18-20/h2-5,13,17,20H,6-11H2,1H3,(H2,16,18). The molecule has 1 aliphatic heterocycles. The Kier molecular flexibility index (Phi) is 5.38. The molecule has 0 atom stereocenters. The molecule has 1 aliphatic rings. The number of oxime groups is 1. The van der Waals surface area contributed by atoms with Gasteiger partial charge in [-0.3, -0.25) is 0 Å². The van der Waals surface area contributed by atoms with E-state index in [4.69, 9.17) is 10.9 Å². The van der Waals surface area contributed by atoms with Gasteiger partial charge in [0, 0.05) is 12.1 Å². The van der Waals surface area contributed by atoms with Crippen LogP contribution in [0.3, 0.4) is 0 Å². The van der Waals surface area contributed by atoms with E-state index in [1.165, 1.54) is 31.5 Å². The lowest BCUT2D eigenvalue weighted by atomic mass is 9.97. The van der Waals surface area contributed by atoms with Crippen LogP contribution in [0.2, 0.25) is 0 Å². The van der Waals surface area contributed by atoms with Crippen LogP contribution in [0.5, 0.6) is 0 Å². The third-order valence-electron chi connectivity index (χ3n) is 3.96. The molecule has 0 bridgehead atoms. The molecule has 0 spiro atoms. The Labute approximate surface area is 120 Å². The molecule has 1 heterocycles. The molecule has 0 amide bonds. The topological polar surface area (TPSA) is 73.9 Å². The molecule has 0 unspecified atom stereocenters. The van der Waals surface area contributed by atoms with Crippen molar-refractivity contribution in [3.63, 3.8) is 0 Å². The van der Waals surface area contributed by atoms with Crippen LogP contribution in [0.25, 0.3) is 0 Å². The number of rotatable bonds is 5. The van der Waals surface area contributed by atoms with Gasteiger partial charge in [-0.25, -0.2) is 0 Å². The van der Waals surface area contributed by atoms with Crippen molar-refractivity contribution in [1.82, 2.24) is 10.2 Å². The molecular formula is C15H24N4O. The Bertz CT molecular complexity index is 436. The van der Waals surface area contributed by atoms with Gasteiger partial charge in [-0.15, -0.1) is 0 Å². The molecule has 0 radical (unpaired) electrons. The fourth-order valence-corrected chi connectivity index (χ4v) is 2.54. The van der Waals surface area contributed by atoms with Crippen molar-refractivity contribution in [2.75, 3.05) is 26.7 Å². The Morgan fingerprint density at radius 3 is 2.60 bits per heavy atom. The summed E-state index contributed by atoms with van der Waals surface area (Å²) in [6, 6.07) is 7.77. The highest BCUT2D eigenvalue weighted by molar-refractivity contribution is 5.96. The fourth-order valence-electron chi connectivity index (χ4n) is 2.54. The highest BCUT2D eigenvalue weighted by Crippen LogP contribution is 2.15. The summed E-state index contributed by atoms with van der Waals surface area (Å²) in [6.45, 7) is 4.36. The van der Waals surface area contributed by atoms with Gasteiger partial charge in [0.2, 0.25) is 0 Å². The number of hydrogen-bond donors (Lipinski definition) is 3. The molecule has 2 rings (SSSR count). The van der Waals surface area contributed by atoms with E-state index in [1.54, 1.807) is 0 Å². The normalized spacial score (nSPS) is 18.4. The second-order valence-electron chi connectivity index (χ2n) is 5.56. The molecule has 0 aliphatic carbocycles. The van der Waals surface area contributed by atoms with Gasteiger partial charge in [-0.1, -0.05) is 29.4 Å². The van der Waals surface area contributed by atoms with Crippen molar-refractivity contribution in [3.05, 3.63) is 35.4 Å². The summed E-state index contributed by atoms with van der Waals surface area (Å²) in [5, 5.41) is 15.1. The molecule has 5 nitrogen and oxygen atoms in total. The minimum Gasteiger partial charge on any atom is -0.409 e. The average Bonchev–Trinajstić information content (AvgIpc) is 2.49. The molecule has 1 fully saturated rings. The number of nitrogens with zero attached hydrogens (tertiary/aromatic N) is 2. The second-order valence-corrected chi connectivity index (χ2v) is 5.56. The van der Waals surface area contributed by atoms with Crippen LogP contribution >= 0.6 is 0 Å². The Morgan fingerprint density at radius 1 is 1.35 bits per heavy atom. The van der Waals surface area contributed by atoms with Crippen molar-refractivity contribution in [3.8, 4) is 0 Å². The summed E-state index contributed by atoms with van der Waals surface area (Å²) in [4.78, 5) is 2.39. The zero-order chi connectivity index (χ0) is 14.4. The smallest absolute Gasteiger partial charge is 0.170 e. The highest BCUT2D eigenvalue weighted by atomic mass is 16.4. The van der Waals surface area contributed by atoms with Gasteiger partial charge in [-0.2, -0.15) is 0 Å². The van der Waals surface area contributed by atoms with Crippen LogP contribution < -0.4 is 11.1 Å². The number of nitrogens with two attached hydrogens (primary N) is 1. The Morgan fingerprint density at radius 2 is 2.00 bits per heavy atom. The molecule has 1 aromatic carbocycles. The van der Waals surface area contributed by atoms with E-state index in [1.807, 2.05) is 24.3 Å². The second kappa shape index (κ2) is 7.26. The Balaban J connectivity index is 1.74. The number of benzene rings is 1. The van der Waals surface area contributed by atoms with Gasteiger partial charge < -0.3 is 21.2 Å². The first-order chi connectivity index (χ1) is 9.69. The first kappa shape index (κ1) is 14.8. The van der Waals surface area contributed by atoms with Crippen LogP contribution in [0, 0.1) is 5.92 Å². The van der Waals surface area contributed by atoms with Gasteiger partial charge in [0.1, 0.15) is 0 Å². The summed E-state index contributed by atoms with van der Waals surface area (Å²) < 4.78 is 0. The summed E-state index contributed by atoms with van der Waals surface area (Å²) in [6.07, 6.45) is 2.57. The van der Waals surface area contributed by atoms with E-state index in [0.717, 1.165) is 24.6 Å². The predicted molar refractivity (Wildman–Crippen MR) is 80.9 cm³/mol. The molecule has 1 saturated heterocycles. The lowest BCUT2D eigenvalue weighted by molar-refractivity contribution is 0.216. The molecule has 5 heteroatoms. The predicted octanol–water partition coefficient (Wildman–Crippen LogP) is 1.21. The summed E-state index contributed by atoms with van der Waals surface area (Å²) in [7, 11) is 2.19. The molecule has 110 valence electrons. The van der Waals surface area contributed by atoms with Crippen LogP contribution in [-0.2, 0) is 6.54 Å². The fraction of sp³-hybridized carbons (Fsp3) is 0.533. The van der Waals surface area contributed by atoms with E-state index < -0.39 is 0 Å². The van der Waals surface area contributed by atoms with Crippen LogP contribution in [0.1, 0.15) is 24.0 Å². The maximum atomic E-state index is 8.61. The van der Waals surface area contributed by atoms with Crippen molar-refractivity contribution < 1.29 is 5.21 Å². The van der Waals surface area contributed by atoms with Gasteiger partial charge in [0.05, 0.1) is 0 Å². The molecule has 4 N–H and O–H groups in total. The first-order valence-electron chi connectivity index (χ1n) is 7.15. The number of nitrogens with one attached hydrogen (secondary N) is 1. The number of piperidine rings is 1. The van der Waals surface area contributed by atoms with E-state index in [2.05, 4.69) is 22.4 Å². The minimum atomic E-state index is 0.149. The molecular weight excluding hydrogens is 252 g/mol. The van der Waals surface area contributed by atoms with Gasteiger partial charge >= 0.3 is 0 Å². The van der Waals surface area contributed by atoms with Crippen molar-refractivity contribution >= 4 is 5.84 Å². The maximum absolute atomic E-state index is 8.61.